The van der Waals surface area contributed by atoms with Gasteiger partial charge in [0.25, 0.3) is 0 Å². The summed E-state index contributed by atoms with van der Waals surface area (Å²) >= 11 is 0. The normalized spacial score (nSPS) is 34.2. The molecule has 2 spiro atoms. The van der Waals surface area contributed by atoms with Gasteiger partial charge in [0.15, 0.2) is 11.6 Å². The highest BCUT2D eigenvalue weighted by Gasteiger charge is 2.65. The van der Waals surface area contributed by atoms with E-state index in [1.807, 2.05) is 0 Å². The van der Waals surface area contributed by atoms with Crippen molar-refractivity contribution in [3.63, 3.8) is 0 Å². The first-order valence-electron chi connectivity index (χ1n) is 9.09. The van der Waals surface area contributed by atoms with Gasteiger partial charge < -0.3 is 18.9 Å². The molecule has 0 aromatic rings. The lowest BCUT2D eigenvalue weighted by atomic mass is 9.83. The highest BCUT2D eigenvalue weighted by molar-refractivity contribution is 5.32. The van der Waals surface area contributed by atoms with E-state index in [-0.39, 0.29) is 22.4 Å². The monoisotopic (exact) mass is 338 g/mol. The van der Waals surface area contributed by atoms with Gasteiger partial charge in [0.2, 0.25) is 0 Å². The lowest BCUT2D eigenvalue weighted by Gasteiger charge is -2.43. The smallest absolute Gasteiger partial charge is 0.192 e. The molecule has 4 heteroatoms. The van der Waals surface area contributed by atoms with E-state index in [0.717, 1.165) is 24.0 Å². The minimum atomic E-state index is -0.675. The molecule has 2 fully saturated rings. The molecular weight excluding hydrogens is 304 g/mol. The molecule has 0 atom stereocenters. The molecule has 24 heavy (non-hydrogen) atoms. The second kappa shape index (κ2) is 4.64. The fourth-order valence-corrected chi connectivity index (χ4v) is 3.97. The van der Waals surface area contributed by atoms with E-state index in [2.05, 4.69) is 69.2 Å². The third-order valence-corrected chi connectivity index (χ3v) is 7.07. The van der Waals surface area contributed by atoms with Crippen LogP contribution in [0.2, 0.25) is 0 Å². The summed E-state index contributed by atoms with van der Waals surface area (Å²) in [5, 5.41) is 0. The molecule has 0 bridgehead atoms. The molecule has 2 aliphatic heterocycles. The highest BCUT2D eigenvalue weighted by atomic mass is 16.8. The second-order valence-corrected chi connectivity index (χ2v) is 9.71. The Labute approximate surface area is 146 Å². The van der Waals surface area contributed by atoms with Crippen LogP contribution in [-0.4, -0.2) is 34.0 Å². The molecule has 0 unspecified atom stereocenters. The Bertz CT molecular complexity index is 511. The van der Waals surface area contributed by atoms with Crippen LogP contribution in [0, 0.1) is 0 Å². The van der Waals surface area contributed by atoms with Crippen molar-refractivity contribution in [1.82, 2.24) is 0 Å². The van der Waals surface area contributed by atoms with Crippen LogP contribution in [0.25, 0.3) is 0 Å². The Kier molecular flexibility index (Phi) is 3.56. The summed E-state index contributed by atoms with van der Waals surface area (Å²) in [6.07, 6.45) is 1.46. The molecule has 0 N–H and O–H groups in total. The lowest BCUT2D eigenvalue weighted by molar-refractivity contribution is -0.224. The van der Waals surface area contributed by atoms with Crippen molar-refractivity contribution in [3.05, 3.63) is 11.1 Å². The molecule has 0 radical (unpaired) electrons. The highest BCUT2D eigenvalue weighted by Crippen LogP contribution is 2.58. The van der Waals surface area contributed by atoms with Gasteiger partial charge >= 0.3 is 0 Å². The largest absolute Gasteiger partial charge is 0.337 e. The van der Waals surface area contributed by atoms with Crippen LogP contribution in [0.5, 0.6) is 0 Å². The molecule has 0 aromatic heterocycles. The summed E-state index contributed by atoms with van der Waals surface area (Å²) in [5.74, 6) is -1.35. The van der Waals surface area contributed by atoms with Crippen molar-refractivity contribution in [1.29, 1.82) is 0 Å². The standard InChI is InChI=1S/C20H34O4/c1-13-14(2)20(23-17(7,8)18(9,10)24-20)12-11-19(13)21-15(3,4)16(5,6)22-19/h11-12H2,1-10H3. The summed E-state index contributed by atoms with van der Waals surface area (Å²) in [6.45, 7) is 21.0. The Morgan fingerprint density at radius 3 is 0.917 bits per heavy atom. The maximum absolute atomic E-state index is 6.49. The first kappa shape index (κ1) is 18.4. The SMILES string of the molecule is CC1=C(C)C2(CCC13OC(C)(C)C(C)(C)O3)OC(C)(C)C(C)(C)O2. The van der Waals surface area contributed by atoms with Crippen LogP contribution in [0.3, 0.4) is 0 Å². The molecule has 0 saturated carbocycles. The van der Waals surface area contributed by atoms with Crippen molar-refractivity contribution >= 4 is 0 Å². The lowest BCUT2D eigenvalue weighted by Crippen LogP contribution is -2.47. The number of rotatable bonds is 0. The molecular formula is C20H34O4. The average Bonchev–Trinajstić information content (AvgIpc) is 2.69. The van der Waals surface area contributed by atoms with Crippen molar-refractivity contribution < 1.29 is 18.9 Å². The van der Waals surface area contributed by atoms with Crippen molar-refractivity contribution in [2.75, 3.05) is 0 Å². The van der Waals surface area contributed by atoms with Gasteiger partial charge in [-0.05, 0) is 80.4 Å². The minimum Gasteiger partial charge on any atom is -0.337 e. The zero-order valence-corrected chi connectivity index (χ0v) is 17.0. The van der Waals surface area contributed by atoms with Gasteiger partial charge in [0, 0.05) is 12.8 Å². The van der Waals surface area contributed by atoms with E-state index in [1.54, 1.807) is 0 Å². The summed E-state index contributed by atoms with van der Waals surface area (Å²) in [5.41, 5.74) is 0.760. The molecule has 3 rings (SSSR count). The van der Waals surface area contributed by atoms with Crippen LogP contribution >= 0.6 is 0 Å². The Balaban J connectivity index is 2.02. The maximum Gasteiger partial charge on any atom is 0.192 e. The Morgan fingerprint density at radius 2 is 0.708 bits per heavy atom. The number of hydrogen-bond acceptors (Lipinski definition) is 4. The first-order chi connectivity index (χ1) is 10.6. The topological polar surface area (TPSA) is 36.9 Å². The summed E-state index contributed by atoms with van der Waals surface area (Å²) < 4.78 is 26.0. The van der Waals surface area contributed by atoms with Crippen LogP contribution in [-0.2, 0) is 18.9 Å². The Hall–Kier alpha value is -0.420. The van der Waals surface area contributed by atoms with Gasteiger partial charge in [-0.15, -0.1) is 0 Å². The summed E-state index contributed by atoms with van der Waals surface area (Å²) in [4.78, 5) is 0. The van der Waals surface area contributed by atoms with E-state index in [9.17, 15) is 0 Å². The van der Waals surface area contributed by atoms with Crippen LogP contribution < -0.4 is 0 Å². The van der Waals surface area contributed by atoms with E-state index in [1.165, 1.54) is 0 Å². The van der Waals surface area contributed by atoms with Gasteiger partial charge in [-0.2, -0.15) is 0 Å². The quantitative estimate of drug-likeness (QED) is 0.599. The summed E-state index contributed by atoms with van der Waals surface area (Å²) in [6, 6.07) is 0. The summed E-state index contributed by atoms with van der Waals surface area (Å²) in [7, 11) is 0. The number of ether oxygens (including phenoxy) is 4. The van der Waals surface area contributed by atoms with Gasteiger partial charge in [-0.25, -0.2) is 0 Å². The first-order valence-corrected chi connectivity index (χ1v) is 9.09. The zero-order chi connectivity index (χ0) is 18.4. The van der Waals surface area contributed by atoms with Crippen molar-refractivity contribution in [3.8, 4) is 0 Å². The van der Waals surface area contributed by atoms with E-state index in [4.69, 9.17) is 18.9 Å². The zero-order valence-electron chi connectivity index (χ0n) is 17.0. The molecule has 3 aliphatic rings. The van der Waals surface area contributed by atoms with Gasteiger partial charge in [0.1, 0.15) is 0 Å². The van der Waals surface area contributed by atoms with Gasteiger partial charge in [0.05, 0.1) is 22.4 Å². The molecule has 2 saturated heterocycles. The molecule has 2 heterocycles. The van der Waals surface area contributed by atoms with Crippen molar-refractivity contribution in [2.45, 2.75) is 116 Å². The third-order valence-electron chi connectivity index (χ3n) is 7.07. The molecule has 0 aromatic carbocycles. The van der Waals surface area contributed by atoms with Gasteiger partial charge in [-0.3, -0.25) is 0 Å². The minimum absolute atomic E-state index is 0.352. The maximum atomic E-state index is 6.49. The predicted octanol–water partition coefficient (Wildman–Crippen LogP) is 4.72. The van der Waals surface area contributed by atoms with Crippen LogP contribution in [0.1, 0.15) is 82.1 Å². The van der Waals surface area contributed by atoms with Crippen molar-refractivity contribution in [2.24, 2.45) is 0 Å². The second-order valence-electron chi connectivity index (χ2n) is 9.71. The molecule has 1 aliphatic carbocycles. The van der Waals surface area contributed by atoms with Crippen LogP contribution in [0.4, 0.5) is 0 Å². The molecule has 0 amide bonds. The number of hydrogen-bond donors (Lipinski definition) is 0. The third kappa shape index (κ3) is 2.19. The fraction of sp³-hybridized carbons (Fsp3) is 0.900. The van der Waals surface area contributed by atoms with E-state index < -0.39 is 11.6 Å². The Morgan fingerprint density at radius 1 is 0.500 bits per heavy atom. The van der Waals surface area contributed by atoms with Crippen LogP contribution in [0.15, 0.2) is 11.1 Å². The predicted molar refractivity (Wildman–Crippen MR) is 93.7 cm³/mol. The molecule has 4 nitrogen and oxygen atoms in total. The fourth-order valence-electron chi connectivity index (χ4n) is 3.97. The average molecular weight is 338 g/mol. The van der Waals surface area contributed by atoms with E-state index in [0.29, 0.717) is 0 Å². The van der Waals surface area contributed by atoms with Gasteiger partial charge in [-0.1, -0.05) is 0 Å². The molecule has 138 valence electrons. The van der Waals surface area contributed by atoms with E-state index >= 15 is 0 Å².